The predicted molar refractivity (Wildman–Crippen MR) is 77.8 cm³/mol. The Morgan fingerprint density at radius 1 is 1.09 bits per heavy atom. The standard InChI is InChI=1S/C15H20ClF3N2O2/c16-14-4-9-1-10(5-14)3-13(2-9,7-14)12(23)20-6-11(22)21-8-15(17,18)19/h9-10H,1-8H2,(H,20,23)(H,21,22)/t9-,10-,13?,14?/m0/s1. The summed E-state index contributed by atoms with van der Waals surface area (Å²) in [6.07, 6.45) is 0.672. The Hall–Kier alpha value is -0.980. The summed E-state index contributed by atoms with van der Waals surface area (Å²) < 4.78 is 36.1. The molecule has 4 fully saturated rings. The molecule has 4 nitrogen and oxygen atoms in total. The van der Waals surface area contributed by atoms with E-state index in [4.69, 9.17) is 11.6 Å². The number of carbonyl (C=O) groups excluding carboxylic acids is 2. The van der Waals surface area contributed by atoms with Crippen molar-refractivity contribution in [3.05, 3.63) is 0 Å². The number of halogens is 4. The van der Waals surface area contributed by atoms with E-state index in [9.17, 15) is 22.8 Å². The van der Waals surface area contributed by atoms with Gasteiger partial charge in [0.25, 0.3) is 0 Å². The van der Waals surface area contributed by atoms with Crippen molar-refractivity contribution in [2.45, 2.75) is 49.6 Å². The molecule has 130 valence electrons. The Labute approximate surface area is 137 Å². The van der Waals surface area contributed by atoms with Crippen LogP contribution in [0.25, 0.3) is 0 Å². The number of amides is 2. The first-order chi connectivity index (χ1) is 10.6. The summed E-state index contributed by atoms with van der Waals surface area (Å²) >= 11 is 6.64. The van der Waals surface area contributed by atoms with Crippen molar-refractivity contribution >= 4 is 23.4 Å². The summed E-state index contributed by atoms with van der Waals surface area (Å²) in [5.74, 6) is -0.183. The van der Waals surface area contributed by atoms with E-state index in [-0.39, 0.29) is 10.8 Å². The minimum atomic E-state index is -4.45. The van der Waals surface area contributed by atoms with Crippen molar-refractivity contribution in [2.24, 2.45) is 17.3 Å². The van der Waals surface area contributed by atoms with Crippen LogP contribution >= 0.6 is 11.6 Å². The second-order valence-electron chi connectivity index (χ2n) is 7.47. The number of nitrogens with one attached hydrogen (secondary N) is 2. The Balaban J connectivity index is 1.55. The molecule has 4 aliphatic rings. The molecule has 0 aliphatic heterocycles. The van der Waals surface area contributed by atoms with Gasteiger partial charge in [-0.15, -0.1) is 11.6 Å². The average Bonchev–Trinajstić information content (AvgIpc) is 2.39. The van der Waals surface area contributed by atoms with Crippen molar-refractivity contribution in [2.75, 3.05) is 13.1 Å². The van der Waals surface area contributed by atoms with Crippen LogP contribution in [0, 0.1) is 17.3 Å². The van der Waals surface area contributed by atoms with Gasteiger partial charge < -0.3 is 10.6 Å². The fourth-order valence-corrected chi connectivity index (χ4v) is 5.72. The van der Waals surface area contributed by atoms with Crippen LogP contribution in [-0.2, 0) is 9.59 Å². The molecule has 4 bridgehead atoms. The minimum absolute atomic E-state index is 0.237. The van der Waals surface area contributed by atoms with Crippen LogP contribution in [0.3, 0.4) is 0 Å². The quantitative estimate of drug-likeness (QED) is 0.763. The van der Waals surface area contributed by atoms with E-state index in [1.807, 2.05) is 0 Å². The second kappa shape index (κ2) is 5.53. The average molecular weight is 353 g/mol. The first kappa shape index (κ1) is 16.9. The molecule has 4 aliphatic carbocycles. The van der Waals surface area contributed by atoms with Crippen molar-refractivity contribution in [3.8, 4) is 0 Å². The molecule has 0 spiro atoms. The number of rotatable bonds is 4. The van der Waals surface area contributed by atoms with Crippen LogP contribution in [0.1, 0.15) is 38.5 Å². The lowest BCUT2D eigenvalue weighted by Gasteiger charge is -2.59. The second-order valence-corrected chi connectivity index (χ2v) is 8.27. The van der Waals surface area contributed by atoms with E-state index in [0.717, 1.165) is 32.1 Å². The van der Waals surface area contributed by atoms with Gasteiger partial charge in [-0.3, -0.25) is 9.59 Å². The van der Waals surface area contributed by atoms with Crippen molar-refractivity contribution in [1.29, 1.82) is 0 Å². The lowest BCUT2D eigenvalue weighted by molar-refractivity contribution is -0.146. The molecule has 0 radical (unpaired) electrons. The zero-order chi connectivity index (χ0) is 16.9. The normalized spacial score (nSPS) is 38.4. The van der Waals surface area contributed by atoms with Crippen LogP contribution in [0.4, 0.5) is 13.2 Å². The van der Waals surface area contributed by atoms with Crippen LogP contribution in [0.5, 0.6) is 0 Å². The summed E-state index contributed by atoms with van der Waals surface area (Å²) in [4.78, 5) is 23.7. The maximum Gasteiger partial charge on any atom is 0.405 e. The third-order valence-corrected chi connectivity index (χ3v) is 5.81. The minimum Gasteiger partial charge on any atom is -0.347 e. The topological polar surface area (TPSA) is 58.2 Å². The Bertz CT molecular complexity index is 509. The van der Waals surface area contributed by atoms with Gasteiger partial charge in [-0.2, -0.15) is 13.2 Å². The highest BCUT2D eigenvalue weighted by molar-refractivity contribution is 6.24. The van der Waals surface area contributed by atoms with Crippen molar-refractivity contribution < 1.29 is 22.8 Å². The van der Waals surface area contributed by atoms with Gasteiger partial charge in [-0.1, -0.05) is 0 Å². The third kappa shape index (κ3) is 3.59. The van der Waals surface area contributed by atoms with Gasteiger partial charge in [0.2, 0.25) is 11.8 Å². The van der Waals surface area contributed by atoms with Crippen LogP contribution in [0.15, 0.2) is 0 Å². The highest BCUT2D eigenvalue weighted by Crippen LogP contribution is 2.63. The summed E-state index contributed by atoms with van der Waals surface area (Å²) in [6.45, 7) is -1.82. The molecule has 2 amide bonds. The summed E-state index contributed by atoms with van der Waals surface area (Å²) in [7, 11) is 0. The lowest BCUT2D eigenvalue weighted by atomic mass is 9.49. The Morgan fingerprint density at radius 2 is 1.70 bits per heavy atom. The maximum atomic E-state index is 12.6. The van der Waals surface area contributed by atoms with Gasteiger partial charge in [0.05, 0.1) is 12.0 Å². The number of hydrogen-bond acceptors (Lipinski definition) is 2. The smallest absolute Gasteiger partial charge is 0.347 e. The largest absolute Gasteiger partial charge is 0.405 e. The van der Waals surface area contributed by atoms with E-state index < -0.39 is 30.6 Å². The predicted octanol–water partition coefficient (Wildman–Crippen LogP) is 2.36. The Morgan fingerprint density at radius 3 is 2.22 bits per heavy atom. The number of hydrogen-bond donors (Lipinski definition) is 2. The van der Waals surface area contributed by atoms with Gasteiger partial charge in [-0.25, -0.2) is 0 Å². The molecule has 0 heterocycles. The number of carbonyl (C=O) groups is 2. The molecule has 0 unspecified atom stereocenters. The van der Waals surface area contributed by atoms with E-state index in [0.29, 0.717) is 18.3 Å². The fourth-order valence-electron chi connectivity index (χ4n) is 5.03. The third-order valence-electron chi connectivity index (χ3n) is 5.37. The van der Waals surface area contributed by atoms with E-state index in [1.165, 1.54) is 0 Å². The molecule has 4 saturated carbocycles. The van der Waals surface area contributed by atoms with Crippen LogP contribution < -0.4 is 10.6 Å². The van der Waals surface area contributed by atoms with Gasteiger partial charge in [0, 0.05) is 4.87 Å². The van der Waals surface area contributed by atoms with Crippen molar-refractivity contribution in [1.82, 2.24) is 10.6 Å². The highest BCUT2D eigenvalue weighted by Gasteiger charge is 2.60. The fraction of sp³-hybridized carbons (Fsp3) is 0.867. The molecular weight excluding hydrogens is 333 g/mol. The van der Waals surface area contributed by atoms with Gasteiger partial charge in [0.15, 0.2) is 0 Å². The van der Waals surface area contributed by atoms with E-state index in [2.05, 4.69) is 5.32 Å². The Kier molecular flexibility index (Phi) is 4.06. The summed E-state index contributed by atoms with van der Waals surface area (Å²) in [5.41, 5.74) is -0.545. The molecule has 0 saturated heterocycles. The molecule has 0 aromatic rings. The molecular formula is C15H20ClF3N2O2. The van der Waals surface area contributed by atoms with Gasteiger partial charge >= 0.3 is 6.18 Å². The van der Waals surface area contributed by atoms with Crippen molar-refractivity contribution in [3.63, 3.8) is 0 Å². The SMILES string of the molecule is O=C(CNC(=O)C12C[C@@H]3C[C@H](CC(Cl)(C3)C1)C2)NCC(F)(F)F. The first-order valence-corrected chi connectivity index (χ1v) is 8.28. The monoisotopic (exact) mass is 352 g/mol. The zero-order valence-electron chi connectivity index (χ0n) is 12.6. The summed E-state index contributed by atoms with van der Waals surface area (Å²) in [6, 6.07) is 0. The first-order valence-electron chi connectivity index (χ1n) is 7.90. The van der Waals surface area contributed by atoms with Gasteiger partial charge in [0.1, 0.15) is 6.54 Å². The molecule has 4 rings (SSSR count). The maximum absolute atomic E-state index is 12.6. The van der Waals surface area contributed by atoms with Crippen LogP contribution in [0.2, 0.25) is 0 Å². The molecule has 23 heavy (non-hydrogen) atoms. The number of alkyl halides is 4. The highest BCUT2D eigenvalue weighted by atomic mass is 35.5. The molecule has 0 aromatic carbocycles. The van der Waals surface area contributed by atoms with E-state index in [1.54, 1.807) is 5.32 Å². The van der Waals surface area contributed by atoms with Crippen LogP contribution in [-0.4, -0.2) is 36.0 Å². The van der Waals surface area contributed by atoms with Gasteiger partial charge in [-0.05, 0) is 50.4 Å². The lowest BCUT2D eigenvalue weighted by Crippen LogP contribution is -2.59. The molecule has 2 atom stereocenters. The molecule has 0 aromatic heterocycles. The molecule has 2 N–H and O–H groups in total. The molecule has 8 heteroatoms. The summed E-state index contributed by atoms with van der Waals surface area (Å²) in [5, 5.41) is 4.27. The van der Waals surface area contributed by atoms with E-state index >= 15 is 0 Å². The zero-order valence-corrected chi connectivity index (χ0v) is 13.4.